The zero-order valence-corrected chi connectivity index (χ0v) is 11.0. The Hall–Kier alpha value is -1.55. The molecule has 0 aliphatic rings. The normalized spacial score (nSPS) is 9.59. The van der Waals surface area contributed by atoms with Crippen LogP contribution in [0.3, 0.4) is 0 Å². The molecule has 2 aromatic rings. The standard InChI is InChI=1S/C11H10O3S.C2H6/c1-2-14-11(13)10-9(12)7-5-3-4-6-8(7)15-10;1-2/h3-6,12H,2H2,1H3;1-2H3. The highest BCUT2D eigenvalue weighted by atomic mass is 32.1. The minimum absolute atomic E-state index is 0.0223. The highest BCUT2D eigenvalue weighted by molar-refractivity contribution is 7.21. The Morgan fingerprint density at radius 3 is 2.59 bits per heavy atom. The number of rotatable bonds is 2. The first-order valence-electron chi connectivity index (χ1n) is 5.61. The lowest BCUT2D eigenvalue weighted by Crippen LogP contribution is -2.01. The van der Waals surface area contributed by atoms with Gasteiger partial charge in [-0.05, 0) is 19.1 Å². The predicted molar refractivity (Wildman–Crippen MR) is 70.8 cm³/mol. The zero-order chi connectivity index (χ0) is 12.8. The monoisotopic (exact) mass is 252 g/mol. The number of hydrogen-bond donors (Lipinski definition) is 1. The van der Waals surface area contributed by atoms with Gasteiger partial charge in [-0.25, -0.2) is 4.79 Å². The van der Waals surface area contributed by atoms with Crippen LogP contribution < -0.4 is 0 Å². The number of carbonyl (C=O) groups is 1. The van der Waals surface area contributed by atoms with Crippen LogP contribution in [0.2, 0.25) is 0 Å². The maximum atomic E-state index is 11.5. The van der Waals surface area contributed by atoms with Crippen LogP contribution in [0.4, 0.5) is 0 Å². The lowest BCUT2D eigenvalue weighted by molar-refractivity contribution is 0.0529. The number of thiophene rings is 1. The van der Waals surface area contributed by atoms with E-state index in [1.165, 1.54) is 11.3 Å². The summed E-state index contributed by atoms with van der Waals surface area (Å²) < 4.78 is 5.74. The van der Waals surface area contributed by atoms with Crippen molar-refractivity contribution in [2.75, 3.05) is 6.61 Å². The fourth-order valence-electron chi connectivity index (χ4n) is 1.37. The Bertz CT molecular complexity index is 502. The van der Waals surface area contributed by atoms with Gasteiger partial charge in [0.2, 0.25) is 0 Å². The van der Waals surface area contributed by atoms with Gasteiger partial charge in [-0.2, -0.15) is 0 Å². The summed E-state index contributed by atoms with van der Waals surface area (Å²) in [5.74, 6) is -0.440. The van der Waals surface area contributed by atoms with E-state index in [2.05, 4.69) is 0 Å². The number of carbonyl (C=O) groups excluding carboxylic acids is 1. The molecule has 0 amide bonds. The number of fused-ring (bicyclic) bond motifs is 1. The molecular formula is C13H16O3S. The first-order chi connectivity index (χ1) is 8.24. The topological polar surface area (TPSA) is 46.5 Å². The number of hydrogen-bond acceptors (Lipinski definition) is 4. The van der Waals surface area contributed by atoms with Crippen molar-refractivity contribution in [1.82, 2.24) is 0 Å². The van der Waals surface area contributed by atoms with Gasteiger partial charge in [0.1, 0.15) is 5.75 Å². The average molecular weight is 252 g/mol. The Morgan fingerprint density at radius 2 is 2.00 bits per heavy atom. The van der Waals surface area contributed by atoms with Gasteiger partial charge in [0.25, 0.3) is 0 Å². The molecule has 2 rings (SSSR count). The summed E-state index contributed by atoms with van der Waals surface area (Å²) >= 11 is 1.25. The van der Waals surface area contributed by atoms with E-state index in [-0.39, 0.29) is 10.6 Å². The average Bonchev–Trinajstić information content (AvgIpc) is 2.70. The molecule has 0 atom stereocenters. The van der Waals surface area contributed by atoms with Crippen LogP contribution in [0.25, 0.3) is 10.1 Å². The summed E-state index contributed by atoms with van der Waals surface area (Å²) in [6, 6.07) is 7.34. The van der Waals surface area contributed by atoms with E-state index >= 15 is 0 Å². The fourth-order valence-corrected chi connectivity index (χ4v) is 2.36. The molecule has 0 saturated carbocycles. The first kappa shape index (κ1) is 13.5. The minimum atomic E-state index is -0.462. The largest absolute Gasteiger partial charge is 0.505 e. The maximum Gasteiger partial charge on any atom is 0.352 e. The molecule has 0 spiro atoms. The quantitative estimate of drug-likeness (QED) is 0.827. The molecule has 92 valence electrons. The van der Waals surface area contributed by atoms with Crippen molar-refractivity contribution >= 4 is 27.4 Å². The molecule has 0 unspecified atom stereocenters. The summed E-state index contributed by atoms with van der Waals surface area (Å²) in [5.41, 5.74) is 0. The number of aromatic hydroxyl groups is 1. The van der Waals surface area contributed by atoms with E-state index in [9.17, 15) is 9.90 Å². The predicted octanol–water partition coefficient (Wildman–Crippen LogP) is 3.81. The lowest BCUT2D eigenvalue weighted by atomic mass is 10.2. The van der Waals surface area contributed by atoms with Crippen molar-refractivity contribution in [3.05, 3.63) is 29.1 Å². The lowest BCUT2D eigenvalue weighted by Gasteiger charge is -1.98. The molecule has 0 saturated heterocycles. The number of ether oxygens (including phenoxy) is 1. The molecule has 0 radical (unpaired) electrons. The molecule has 0 aliphatic heterocycles. The second-order valence-corrected chi connectivity index (χ2v) is 4.05. The van der Waals surface area contributed by atoms with Crippen molar-refractivity contribution in [3.8, 4) is 5.75 Å². The van der Waals surface area contributed by atoms with Crippen LogP contribution in [-0.4, -0.2) is 17.7 Å². The Kier molecular flexibility index (Phi) is 4.97. The van der Waals surface area contributed by atoms with E-state index in [1.54, 1.807) is 13.0 Å². The molecule has 4 heteroatoms. The van der Waals surface area contributed by atoms with E-state index in [0.717, 1.165) is 4.70 Å². The van der Waals surface area contributed by atoms with Crippen LogP contribution in [0, 0.1) is 0 Å². The molecule has 0 bridgehead atoms. The van der Waals surface area contributed by atoms with Gasteiger partial charge in [0, 0.05) is 10.1 Å². The third-order valence-electron chi connectivity index (χ3n) is 2.03. The summed E-state index contributed by atoms with van der Waals surface area (Å²) in [7, 11) is 0. The number of benzene rings is 1. The molecule has 1 aromatic carbocycles. The van der Waals surface area contributed by atoms with Crippen molar-refractivity contribution < 1.29 is 14.6 Å². The third-order valence-corrected chi connectivity index (χ3v) is 3.17. The van der Waals surface area contributed by atoms with Gasteiger partial charge >= 0.3 is 5.97 Å². The molecular weight excluding hydrogens is 236 g/mol. The van der Waals surface area contributed by atoms with Crippen molar-refractivity contribution in [1.29, 1.82) is 0 Å². The SMILES string of the molecule is CC.CCOC(=O)c1sc2ccccc2c1O. The van der Waals surface area contributed by atoms with E-state index < -0.39 is 5.97 Å². The molecule has 0 aliphatic carbocycles. The second-order valence-electron chi connectivity index (χ2n) is 3.00. The number of esters is 1. The second kappa shape index (κ2) is 6.25. The highest BCUT2D eigenvalue weighted by Crippen LogP contribution is 2.36. The molecule has 17 heavy (non-hydrogen) atoms. The van der Waals surface area contributed by atoms with Crippen LogP contribution >= 0.6 is 11.3 Å². The van der Waals surface area contributed by atoms with Gasteiger partial charge in [-0.3, -0.25) is 0 Å². The minimum Gasteiger partial charge on any atom is -0.505 e. The molecule has 1 aromatic heterocycles. The van der Waals surface area contributed by atoms with E-state index in [4.69, 9.17) is 4.74 Å². The molecule has 0 fully saturated rings. The molecule has 1 heterocycles. The van der Waals surface area contributed by atoms with Gasteiger partial charge in [0.15, 0.2) is 4.88 Å². The van der Waals surface area contributed by atoms with E-state index in [0.29, 0.717) is 12.0 Å². The van der Waals surface area contributed by atoms with Gasteiger partial charge in [-0.15, -0.1) is 11.3 Å². The summed E-state index contributed by atoms with van der Waals surface area (Å²) in [4.78, 5) is 11.7. The maximum absolute atomic E-state index is 11.5. The third kappa shape index (κ3) is 2.77. The summed E-state index contributed by atoms with van der Waals surface area (Å²) in [5, 5.41) is 10.5. The van der Waals surface area contributed by atoms with Crippen molar-refractivity contribution in [2.45, 2.75) is 20.8 Å². The van der Waals surface area contributed by atoms with E-state index in [1.807, 2.05) is 32.0 Å². The Labute approximate surface area is 105 Å². The zero-order valence-electron chi connectivity index (χ0n) is 10.2. The van der Waals surface area contributed by atoms with Gasteiger partial charge in [0.05, 0.1) is 6.61 Å². The van der Waals surface area contributed by atoms with Gasteiger partial charge in [-0.1, -0.05) is 26.0 Å². The van der Waals surface area contributed by atoms with Crippen molar-refractivity contribution in [2.24, 2.45) is 0 Å². The molecule has 3 nitrogen and oxygen atoms in total. The van der Waals surface area contributed by atoms with Crippen LogP contribution in [0.15, 0.2) is 24.3 Å². The van der Waals surface area contributed by atoms with Crippen LogP contribution in [0.1, 0.15) is 30.4 Å². The summed E-state index contributed by atoms with van der Waals surface area (Å²) in [6.45, 7) is 6.05. The van der Waals surface area contributed by atoms with Crippen LogP contribution in [-0.2, 0) is 4.74 Å². The summed E-state index contributed by atoms with van der Waals surface area (Å²) in [6.07, 6.45) is 0. The van der Waals surface area contributed by atoms with Crippen LogP contribution in [0.5, 0.6) is 5.75 Å². The highest BCUT2D eigenvalue weighted by Gasteiger charge is 2.18. The fraction of sp³-hybridized carbons (Fsp3) is 0.308. The molecule has 1 N–H and O–H groups in total. The van der Waals surface area contributed by atoms with Crippen molar-refractivity contribution in [3.63, 3.8) is 0 Å². The Balaban J connectivity index is 0.000000686. The van der Waals surface area contributed by atoms with Gasteiger partial charge < -0.3 is 9.84 Å². The smallest absolute Gasteiger partial charge is 0.352 e. The Morgan fingerprint density at radius 1 is 1.35 bits per heavy atom. The first-order valence-corrected chi connectivity index (χ1v) is 6.43.